The van der Waals surface area contributed by atoms with E-state index in [0.717, 1.165) is 5.56 Å². The van der Waals surface area contributed by atoms with Gasteiger partial charge in [-0.05, 0) is 24.6 Å². The average molecular weight is 234 g/mol. The molecule has 1 aromatic heterocycles. The van der Waals surface area contributed by atoms with Crippen molar-refractivity contribution in [3.63, 3.8) is 0 Å². The quantitative estimate of drug-likeness (QED) is 0.666. The van der Waals surface area contributed by atoms with Crippen molar-refractivity contribution in [1.82, 2.24) is 10.3 Å². The van der Waals surface area contributed by atoms with Gasteiger partial charge in [0.1, 0.15) is 11.9 Å². The molecule has 0 spiro atoms. The first-order chi connectivity index (χ1) is 8.11. The van der Waals surface area contributed by atoms with E-state index in [1.54, 1.807) is 30.2 Å². The van der Waals surface area contributed by atoms with Gasteiger partial charge in [-0.1, -0.05) is 0 Å². The molecule has 6 nitrogen and oxygen atoms in total. The van der Waals surface area contributed by atoms with Crippen LogP contribution < -0.4 is 16.0 Å². The lowest BCUT2D eigenvalue weighted by Gasteiger charge is -2.32. The predicted octanol–water partition coefficient (Wildman–Crippen LogP) is -0.608. The van der Waals surface area contributed by atoms with Gasteiger partial charge >= 0.3 is 0 Å². The van der Waals surface area contributed by atoms with Gasteiger partial charge < -0.3 is 10.6 Å². The maximum Gasteiger partial charge on any atom is 0.249 e. The Balaban J connectivity index is 2.30. The summed E-state index contributed by atoms with van der Waals surface area (Å²) in [4.78, 5) is 28.7. The van der Waals surface area contributed by atoms with Gasteiger partial charge in [-0.3, -0.25) is 14.9 Å². The monoisotopic (exact) mass is 234 g/mol. The molecule has 1 fully saturated rings. The molecule has 0 radical (unpaired) electrons. The Morgan fingerprint density at radius 3 is 3.06 bits per heavy atom. The molecule has 0 saturated carbocycles. The Bertz CT molecular complexity index is 461. The number of anilines is 1. The highest BCUT2D eigenvalue weighted by atomic mass is 16.2. The lowest BCUT2D eigenvalue weighted by molar-refractivity contribution is -0.132. The summed E-state index contributed by atoms with van der Waals surface area (Å²) in [6.45, 7) is 2.27. The van der Waals surface area contributed by atoms with Crippen LogP contribution in [0.2, 0.25) is 0 Å². The smallest absolute Gasteiger partial charge is 0.249 e. The first-order valence-electron chi connectivity index (χ1n) is 5.37. The number of carbonyl (C=O) groups is 2. The number of hydrogen-bond acceptors (Lipinski definition) is 5. The Morgan fingerprint density at radius 1 is 1.59 bits per heavy atom. The molecule has 1 atom stereocenters. The highest BCUT2D eigenvalue weighted by molar-refractivity contribution is 6.04. The number of nitrogens with zero attached hydrogens (tertiary/aromatic N) is 2. The molecule has 2 amide bonds. The number of amides is 2. The van der Waals surface area contributed by atoms with Gasteiger partial charge in [0, 0.05) is 12.7 Å². The van der Waals surface area contributed by atoms with Gasteiger partial charge in [0.15, 0.2) is 0 Å². The maximum absolute atomic E-state index is 11.5. The summed E-state index contributed by atoms with van der Waals surface area (Å²) in [7, 11) is 0. The average Bonchev–Trinajstić information content (AvgIpc) is 2.34. The highest BCUT2D eigenvalue weighted by Gasteiger charge is 2.30. The Kier molecular flexibility index (Phi) is 3.06. The van der Waals surface area contributed by atoms with E-state index in [0.29, 0.717) is 12.4 Å². The third kappa shape index (κ3) is 2.26. The molecule has 6 heteroatoms. The molecule has 1 saturated heterocycles. The summed E-state index contributed by atoms with van der Waals surface area (Å²) in [6, 6.07) is 3.19. The van der Waals surface area contributed by atoms with Crippen LogP contribution in [0.1, 0.15) is 12.5 Å². The van der Waals surface area contributed by atoms with E-state index in [9.17, 15) is 9.59 Å². The van der Waals surface area contributed by atoms with Crippen LogP contribution in [0.5, 0.6) is 0 Å². The van der Waals surface area contributed by atoms with Gasteiger partial charge in [0.05, 0.1) is 6.54 Å². The molecule has 17 heavy (non-hydrogen) atoms. The van der Waals surface area contributed by atoms with Crippen LogP contribution in [0.15, 0.2) is 18.3 Å². The van der Waals surface area contributed by atoms with Crippen molar-refractivity contribution < 1.29 is 9.59 Å². The number of pyridine rings is 1. The molecule has 1 unspecified atom stereocenters. The molecule has 90 valence electrons. The third-order valence-corrected chi connectivity index (χ3v) is 2.76. The van der Waals surface area contributed by atoms with Crippen LogP contribution >= 0.6 is 0 Å². The number of nitrogens with two attached hydrogens (primary N) is 1. The number of carbonyl (C=O) groups excluding carboxylic acids is 2. The van der Waals surface area contributed by atoms with E-state index in [2.05, 4.69) is 10.3 Å². The zero-order chi connectivity index (χ0) is 12.4. The summed E-state index contributed by atoms with van der Waals surface area (Å²) >= 11 is 0. The minimum atomic E-state index is -0.409. The molecule has 1 aliphatic rings. The SMILES string of the molecule is CC1C(=O)NC(=O)CN1c1cc(CN)ccn1. The number of hydrogen-bond donors (Lipinski definition) is 2. The number of nitrogens with one attached hydrogen (secondary N) is 1. The van der Waals surface area contributed by atoms with E-state index < -0.39 is 6.04 Å². The third-order valence-electron chi connectivity index (χ3n) is 2.76. The topological polar surface area (TPSA) is 88.3 Å². The van der Waals surface area contributed by atoms with Crippen molar-refractivity contribution in [3.05, 3.63) is 23.9 Å². The molecule has 2 heterocycles. The number of piperazine rings is 1. The zero-order valence-electron chi connectivity index (χ0n) is 9.51. The molecule has 0 aliphatic carbocycles. The van der Waals surface area contributed by atoms with Crippen molar-refractivity contribution in [2.24, 2.45) is 5.73 Å². The normalized spacial score (nSPS) is 20.4. The van der Waals surface area contributed by atoms with Crippen molar-refractivity contribution in [2.75, 3.05) is 11.4 Å². The molecule has 1 aromatic rings. The molecule has 0 bridgehead atoms. The summed E-state index contributed by atoms with van der Waals surface area (Å²) in [5.74, 6) is -0.0158. The van der Waals surface area contributed by atoms with Crippen molar-refractivity contribution in [1.29, 1.82) is 0 Å². The fourth-order valence-electron chi connectivity index (χ4n) is 1.74. The predicted molar refractivity (Wildman–Crippen MR) is 62.1 cm³/mol. The summed E-state index contributed by atoms with van der Waals surface area (Å²) < 4.78 is 0. The lowest BCUT2D eigenvalue weighted by atomic mass is 10.2. The van der Waals surface area contributed by atoms with Crippen LogP contribution in [-0.4, -0.2) is 29.4 Å². The minimum absolute atomic E-state index is 0.133. The first kappa shape index (κ1) is 11.5. The van der Waals surface area contributed by atoms with Crippen LogP contribution in [0.25, 0.3) is 0 Å². The van der Waals surface area contributed by atoms with Crippen LogP contribution in [0, 0.1) is 0 Å². The maximum atomic E-state index is 11.5. The largest absolute Gasteiger partial charge is 0.336 e. The zero-order valence-corrected chi connectivity index (χ0v) is 9.51. The molecule has 0 aromatic carbocycles. The van der Waals surface area contributed by atoms with Crippen LogP contribution in [0.4, 0.5) is 5.82 Å². The van der Waals surface area contributed by atoms with E-state index in [1.165, 1.54) is 0 Å². The number of imide groups is 1. The van der Waals surface area contributed by atoms with Gasteiger partial charge in [-0.2, -0.15) is 0 Å². The first-order valence-corrected chi connectivity index (χ1v) is 5.37. The molecule has 2 rings (SSSR count). The fourth-order valence-corrected chi connectivity index (χ4v) is 1.74. The number of aromatic nitrogens is 1. The van der Waals surface area contributed by atoms with Gasteiger partial charge in [-0.25, -0.2) is 4.98 Å². The molecule has 1 aliphatic heterocycles. The second kappa shape index (κ2) is 4.50. The highest BCUT2D eigenvalue weighted by Crippen LogP contribution is 2.17. The van der Waals surface area contributed by atoms with Crippen molar-refractivity contribution in [3.8, 4) is 0 Å². The fraction of sp³-hybridized carbons (Fsp3) is 0.364. The van der Waals surface area contributed by atoms with Crippen molar-refractivity contribution in [2.45, 2.75) is 19.5 Å². The lowest BCUT2D eigenvalue weighted by Crippen LogP contribution is -2.57. The van der Waals surface area contributed by atoms with Crippen LogP contribution in [-0.2, 0) is 16.1 Å². The van der Waals surface area contributed by atoms with Gasteiger partial charge in [0.2, 0.25) is 11.8 Å². The van der Waals surface area contributed by atoms with E-state index in [1.807, 2.05) is 0 Å². The van der Waals surface area contributed by atoms with Crippen molar-refractivity contribution >= 4 is 17.6 Å². The van der Waals surface area contributed by atoms with E-state index >= 15 is 0 Å². The van der Waals surface area contributed by atoms with Gasteiger partial charge in [-0.15, -0.1) is 0 Å². The number of rotatable bonds is 2. The molecular weight excluding hydrogens is 220 g/mol. The standard InChI is InChI=1S/C11H14N4O2/c1-7-11(17)14-10(16)6-15(7)9-4-8(5-12)2-3-13-9/h2-4,7H,5-6,12H2,1H3,(H,14,16,17). The Morgan fingerprint density at radius 2 is 2.35 bits per heavy atom. The Labute approximate surface area is 98.8 Å². The van der Waals surface area contributed by atoms with Crippen LogP contribution in [0.3, 0.4) is 0 Å². The van der Waals surface area contributed by atoms with Gasteiger partial charge in [0.25, 0.3) is 0 Å². The molecule has 3 N–H and O–H groups in total. The Hall–Kier alpha value is -1.95. The second-order valence-corrected chi connectivity index (χ2v) is 3.94. The van der Waals surface area contributed by atoms with E-state index in [4.69, 9.17) is 5.73 Å². The summed E-state index contributed by atoms with van der Waals surface area (Å²) in [5, 5.41) is 2.29. The summed E-state index contributed by atoms with van der Waals surface area (Å²) in [6.07, 6.45) is 1.63. The minimum Gasteiger partial charge on any atom is -0.336 e. The summed E-state index contributed by atoms with van der Waals surface area (Å²) in [5.41, 5.74) is 6.46. The molecular formula is C11H14N4O2. The second-order valence-electron chi connectivity index (χ2n) is 3.94. The van der Waals surface area contributed by atoms with E-state index in [-0.39, 0.29) is 18.4 Å².